The van der Waals surface area contributed by atoms with Gasteiger partial charge in [0, 0.05) is 18.3 Å². The molecule has 0 atom stereocenters. The van der Waals surface area contributed by atoms with Gasteiger partial charge in [-0.05, 0) is 18.6 Å². The summed E-state index contributed by atoms with van der Waals surface area (Å²) in [6.45, 7) is 2.47. The van der Waals surface area contributed by atoms with E-state index in [1.165, 1.54) is 17.1 Å². The smallest absolute Gasteiger partial charge is 0.450 e. The molecule has 0 spiro atoms. The summed E-state index contributed by atoms with van der Waals surface area (Å²) in [5.74, 6) is -3.16. The fourth-order valence-corrected chi connectivity index (χ4v) is 2.63. The number of hydrogen-bond acceptors (Lipinski definition) is 5. The summed E-state index contributed by atoms with van der Waals surface area (Å²) in [6, 6.07) is 2.11. The van der Waals surface area contributed by atoms with Crippen molar-refractivity contribution >= 4 is 11.0 Å². The van der Waals surface area contributed by atoms with E-state index in [-0.39, 0.29) is 10.9 Å². The third kappa shape index (κ3) is 3.00. The van der Waals surface area contributed by atoms with Crippen LogP contribution in [0.5, 0.6) is 11.5 Å². The van der Waals surface area contributed by atoms with E-state index in [2.05, 4.69) is 5.10 Å². The number of fused-ring (bicyclic) bond motifs is 1. The fraction of sp³-hybridized carbons (Fsp3) is 0.294. The van der Waals surface area contributed by atoms with Gasteiger partial charge in [0.15, 0.2) is 11.3 Å². The number of halogens is 3. The number of phenols is 2. The number of aromatic nitrogens is 2. The van der Waals surface area contributed by atoms with Crippen LogP contribution in [0.25, 0.3) is 22.1 Å². The maximum absolute atomic E-state index is 13.5. The lowest BCUT2D eigenvalue weighted by Gasteiger charge is -2.12. The van der Waals surface area contributed by atoms with Crippen LogP contribution in [0.2, 0.25) is 0 Å². The first-order valence-corrected chi connectivity index (χ1v) is 7.85. The highest BCUT2D eigenvalue weighted by Gasteiger charge is 2.40. The molecule has 2 heterocycles. The Balaban J connectivity index is 2.30. The summed E-state index contributed by atoms with van der Waals surface area (Å²) < 4.78 is 46.7. The molecule has 9 heteroatoms. The molecular formula is C17H15F3N2O4. The highest BCUT2D eigenvalue weighted by Crippen LogP contribution is 2.40. The van der Waals surface area contributed by atoms with Gasteiger partial charge in [-0.1, -0.05) is 13.3 Å². The molecule has 0 saturated heterocycles. The van der Waals surface area contributed by atoms with Crippen LogP contribution >= 0.6 is 0 Å². The first-order valence-electron chi connectivity index (χ1n) is 7.85. The second-order valence-electron chi connectivity index (χ2n) is 5.79. The molecule has 6 nitrogen and oxygen atoms in total. The van der Waals surface area contributed by atoms with Crippen LogP contribution in [-0.4, -0.2) is 20.0 Å². The van der Waals surface area contributed by atoms with E-state index in [9.17, 15) is 28.2 Å². The van der Waals surface area contributed by atoms with Gasteiger partial charge >= 0.3 is 6.18 Å². The van der Waals surface area contributed by atoms with Crippen molar-refractivity contribution in [1.82, 2.24) is 9.78 Å². The Morgan fingerprint density at radius 3 is 2.65 bits per heavy atom. The third-order valence-corrected chi connectivity index (χ3v) is 3.93. The molecule has 3 aromatic rings. The first-order chi connectivity index (χ1) is 12.2. The summed E-state index contributed by atoms with van der Waals surface area (Å²) in [5.41, 5.74) is -2.40. The number of rotatable bonds is 4. The minimum absolute atomic E-state index is 0.0309. The third-order valence-electron chi connectivity index (χ3n) is 3.93. The van der Waals surface area contributed by atoms with Gasteiger partial charge in [-0.3, -0.25) is 9.48 Å². The van der Waals surface area contributed by atoms with Crippen LogP contribution in [0.1, 0.15) is 25.5 Å². The Kier molecular flexibility index (Phi) is 4.39. The predicted molar refractivity (Wildman–Crippen MR) is 86.9 cm³/mol. The molecule has 3 rings (SSSR count). The highest BCUT2D eigenvalue weighted by molar-refractivity contribution is 5.88. The molecule has 0 aliphatic rings. The minimum Gasteiger partial charge on any atom is -0.504 e. The van der Waals surface area contributed by atoms with Gasteiger partial charge in [0.05, 0.1) is 17.1 Å². The maximum atomic E-state index is 13.5. The van der Waals surface area contributed by atoms with E-state index in [4.69, 9.17) is 4.42 Å². The van der Waals surface area contributed by atoms with Crippen LogP contribution in [0, 0.1) is 0 Å². The van der Waals surface area contributed by atoms with Crippen molar-refractivity contribution < 1.29 is 27.8 Å². The molecule has 26 heavy (non-hydrogen) atoms. The number of alkyl halides is 3. The predicted octanol–water partition coefficient (Wildman–Crippen LogP) is 3.89. The van der Waals surface area contributed by atoms with Crippen LogP contribution in [-0.2, 0) is 12.7 Å². The first kappa shape index (κ1) is 17.8. The van der Waals surface area contributed by atoms with E-state index in [1.54, 1.807) is 0 Å². The molecule has 2 aromatic heterocycles. The van der Waals surface area contributed by atoms with Crippen LogP contribution in [0.15, 0.2) is 33.7 Å². The lowest BCUT2D eigenvalue weighted by atomic mass is 10.0. The van der Waals surface area contributed by atoms with Gasteiger partial charge in [0.2, 0.25) is 16.9 Å². The molecule has 1 aromatic carbocycles. The SMILES string of the molecule is CCCCn1cc(-c2c(C(F)(F)F)oc3c(O)c(O)ccc3c2=O)cn1. The molecule has 138 valence electrons. The number of aryl methyl sites for hydroxylation is 1. The fourth-order valence-electron chi connectivity index (χ4n) is 2.63. The van der Waals surface area contributed by atoms with Crippen LogP contribution < -0.4 is 5.43 Å². The summed E-state index contributed by atoms with van der Waals surface area (Å²) in [6.07, 6.45) is -0.796. The standard InChI is InChI=1S/C17H15F3N2O4/c1-2-3-6-22-8-9(7-21-22)12-13(24)10-4-5-11(23)14(25)15(10)26-16(12)17(18,19)20/h4-5,7-8,23,25H,2-3,6H2,1H3. The summed E-state index contributed by atoms with van der Waals surface area (Å²) in [5, 5.41) is 22.9. The number of aromatic hydroxyl groups is 2. The average molecular weight is 368 g/mol. The summed E-state index contributed by atoms with van der Waals surface area (Å²) in [7, 11) is 0. The second-order valence-corrected chi connectivity index (χ2v) is 5.79. The summed E-state index contributed by atoms with van der Waals surface area (Å²) in [4.78, 5) is 12.7. The van der Waals surface area contributed by atoms with Crippen molar-refractivity contribution in [3.05, 3.63) is 40.5 Å². The van der Waals surface area contributed by atoms with Crippen molar-refractivity contribution in [2.45, 2.75) is 32.5 Å². The zero-order chi connectivity index (χ0) is 19.1. The van der Waals surface area contributed by atoms with Crippen molar-refractivity contribution in [2.24, 2.45) is 0 Å². The molecule has 0 aliphatic heterocycles. The van der Waals surface area contributed by atoms with Crippen LogP contribution in [0.4, 0.5) is 13.2 Å². The molecule has 0 aliphatic carbocycles. The van der Waals surface area contributed by atoms with Gasteiger partial charge in [-0.2, -0.15) is 18.3 Å². The Bertz CT molecular complexity index is 1020. The van der Waals surface area contributed by atoms with E-state index in [0.29, 0.717) is 6.54 Å². The number of phenolic OH excluding ortho intramolecular Hbond substituents is 2. The monoisotopic (exact) mass is 368 g/mol. The maximum Gasteiger partial charge on any atom is 0.450 e. The van der Waals surface area contributed by atoms with E-state index in [1.807, 2.05) is 6.92 Å². The summed E-state index contributed by atoms with van der Waals surface area (Å²) >= 11 is 0. The minimum atomic E-state index is -4.98. The topological polar surface area (TPSA) is 88.5 Å². The van der Waals surface area contributed by atoms with Crippen LogP contribution in [0.3, 0.4) is 0 Å². The number of benzene rings is 1. The molecule has 0 radical (unpaired) electrons. The van der Waals surface area contributed by atoms with Gasteiger partial charge in [0.1, 0.15) is 0 Å². The lowest BCUT2D eigenvalue weighted by molar-refractivity contribution is -0.152. The largest absolute Gasteiger partial charge is 0.504 e. The zero-order valence-corrected chi connectivity index (χ0v) is 13.7. The Labute approximate surface area is 145 Å². The molecular weight excluding hydrogens is 353 g/mol. The number of unbranched alkanes of at least 4 members (excludes halogenated alkanes) is 1. The quantitative estimate of drug-likeness (QED) is 0.682. The highest BCUT2D eigenvalue weighted by atomic mass is 19.4. The Hall–Kier alpha value is -2.97. The van der Waals surface area contributed by atoms with Gasteiger partial charge in [-0.15, -0.1) is 0 Å². The van der Waals surface area contributed by atoms with Gasteiger partial charge in [-0.25, -0.2) is 0 Å². The Morgan fingerprint density at radius 1 is 1.27 bits per heavy atom. The normalized spacial score (nSPS) is 12.0. The van der Waals surface area contributed by atoms with Crippen molar-refractivity contribution in [3.63, 3.8) is 0 Å². The lowest BCUT2D eigenvalue weighted by Crippen LogP contribution is -2.16. The number of nitrogens with zero attached hydrogens (tertiary/aromatic N) is 2. The zero-order valence-electron chi connectivity index (χ0n) is 13.7. The number of hydrogen-bond donors (Lipinski definition) is 2. The van der Waals surface area contributed by atoms with Crippen molar-refractivity contribution in [3.8, 4) is 22.6 Å². The van der Waals surface area contributed by atoms with E-state index >= 15 is 0 Å². The van der Waals surface area contributed by atoms with Crippen molar-refractivity contribution in [1.29, 1.82) is 0 Å². The average Bonchev–Trinajstić information content (AvgIpc) is 3.04. The second kappa shape index (κ2) is 6.40. The molecule has 0 saturated carbocycles. The van der Waals surface area contributed by atoms with E-state index < -0.39 is 40.0 Å². The van der Waals surface area contributed by atoms with Crippen molar-refractivity contribution in [2.75, 3.05) is 0 Å². The molecule has 0 bridgehead atoms. The molecule has 0 fully saturated rings. The van der Waals surface area contributed by atoms with Gasteiger partial charge < -0.3 is 14.6 Å². The molecule has 0 unspecified atom stereocenters. The molecule has 2 N–H and O–H groups in total. The molecule has 0 amide bonds. The Morgan fingerprint density at radius 2 is 2.00 bits per heavy atom. The van der Waals surface area contributed by atoms with Gasteiger partial charge in [0.25, 0.3) is 0 Å². The van der Waals surface area contributed by atoms with E-state index in [0.717, 1.165) is 25.0 Å².